The number of hydrogen-bond acceptors (Lipinski definition) is 6. The molecule has 0 radical (unpaired) electrons. The van der Waals surface area contributed by atoms with E-state index in [0.717, 1.165) is 37.2 Å². The third-order valence-electron chi connectivity index (χ3n) is 5.60. The average Bonchev–Trinajstić information content (AvgIpc) is 2.80. The van der Waals surface area contributed by atoms with Crippen LogP contribution in [0.3, 0.4) is 0 Å². The van der Waals surface area contributed by atoms with Crippen LogP contribution in [0.2, 0.25) is 0 Å². The summed E-state index contributed by atoms with van der Waals surface area (Å²) in [5.41, 5.74) is 1.33. The number of benzene rings is 1. The Morgan fingerprint density at radius 3 is 2.61 bits per heavy atom. The monoisotopic (exact) mass is 417 g/mol. The highest BCUT2D eigenvalue weighted by molar-refractivity contribution is 5.88. The second kappa shape index (κ2) is 9.22. The van der Waals surface area contributed by atoms with Crippen LogP contribution in [0.5, 0.6) is 11.8 Å². The van der Waals surface area contributed by atoms with Gasteiger partial charge in [-0.25, -0.2) is 9.97 Å². The van der Waals surface area contributed by atoms with E-state index in [1.807, 2.05) is 50.5 Å². The quantitative estimate of drug-likeness (QED) is 0.613. The summed E-state index contributed by atoms with van der Waals surface area (Å²) in [5, 5.41) is 0. The topological polar surface area (TPSA) is 71.5 Å². The number of pyridine rings is 1. The molecule has 1 unspecified atom stereocenters. The lowest BCUT2D eigenvalue weighted by atomic mass is 9.75. The van der Waals surface area contributed by atoms with E-state index in [1.165, 1.54) is 0 Å². The molecule has 0 spiro atoms. The van der Waals surface area contributed by atoms with Gasteiger partial charge in [0.1, 0.15) is 11.2 Å². The zero-order valence-corrected chi connectivity index (χ0v) is 17.9. The van der Waals surface area contributed by atoms with Gasteiger partial charge in [0.05, 0.1) is 5.69 Å². The van der Waals surface area contributed by atoms with E-state index in [2.05, 4.69) is 25.9 Å². The predicted octanol–water partition coefficient (Wildman–Crippen LogP) is 3.29. The summed E-state index contributed by atoms with van der Waals surface area (Å²) in [5.74, 6) is 0.801. The van der Waals surface area contributed by atoms with Crippen molar-refractivity contribution in [3.63, 3.8) is 0 Å². The summed E-state index contributed by atoms with van der Waals surface area (Å²) in [6.45, 7) is 2.29. The maximum atomic E-state index is 13.3. The maximum Gasteiger partial charge on any atom is 0.321 e. The molecular formula is C24H27N5O2. The van der Waals surface area contributed by atoms with Crippen molar-refractivity contribution in [2.75, 3.05) is 27.2 Å². The largest absolute Gasteiger partial charge is 0.424 e. The van der Waals surface area contributed by atoms with Crippen molar-refractivity contribution in [3.8, 4) is 11.8 Å². The molecule has 1 atom stereocenters. The number of rotatable bonds is 6. The summed E-state index contributed by atoms with van der Waals surface area (Å²) >= 11 is 0. The van der Waals surface area contributed by atoms with E-state index in [1.54, 1.807) is 29.6 Å². The molecule has 0 saturated carbocycles. The minimum absolute atomic E-state index is 0.106. The van der Waals surface area contributed by atoms with E-state index in [-0.39, 0.29) is 5.91 Å². The molecule has 3 aromatic rings. The molecule has 1 aromatic carbocycles. The highest BCUT2D eigenvalue weighted by Gasteiger charge is 2.45. The van der Waals surface area contributed by atoms with Gasteiger partial charge in [-0.2, -0.15) is 0 Å². The fourth-order valence-corrected chi connectivity index (χ4v) is 4.26. The van der Waals surface area contributed by atoms with Crippen molar-refractivity contribution >= 4 is 5.91 Å². The van der Waals surface area contributed by atoms with Crippen LogP contribution in [0, 0.1) is 0 Å². The van der Waals surface area contributed by atoms with E-state index < -0.39 is 5.41 Å². The zero-order chi connectivity index (χ0) is 21.7. The Balaban J connectivity index is 1.54. The smallest absolute Gasteiger partial charge is 0.321 e. The average molecular weight is 418 g/mol. The van der Waals surface area contributed by atoms with Gasteiger partial charge in [-0.05, 0) is 55.3 Å². The first-order valence-corrected chi connectivity index (χ1v) is 10.5. The fourth-order valence-electron chi connectivity index (χ4n) is 4.26. The van der Waals surface area contributed by atoms with Gasteiger partial charge in [0.25, 0.3) is 0 Å². The highest BCUT2D eigenvalue weighted by Crippen LogP contribution is 2.35. The Bertz CT molecular complexity index is 1010. The molecule has 3 heterocycles. The van der Waals surface area contributed by atoms with Crippen molar-refractivity contribution in [2.24, 2.45) is 0 Å². The molecule has 1 fully saturated rings. The van der Waals surface area contributed by atoms with Gasteiger partial charge in [-0.1, -0.05) is 18.2 Å². The fraction of sp³-hybridized carbons (Fsp3) is 0.333. The Morgan fingerprint density at radius 2 is 1.87 bits per heavy atom. The number of carbonyl (C=O) groups excluding carboxylic acids is 1. The van der Waals surface area contributed by atoms with Crippen molar-refractivity contribution in [1.29, 1.82) is 0 Å². The molecule has 0 N–H and O–H groups in total. The first-order valence-electron chi connectivity index (χ1n) is 10.5. The lowest BCUT2D eigenvalue weighted by Gasteiger charge is -2.42. The molecule has 4 rings (SSSR count). The van der Waals surface area contributed by atoms with Crippen molar-refractivity contribution in [1.82, 2.24) is 24.8 Å². The Labute approximate surface area is 182 Å². The number of hydrogen-bond donors (Lipinski definition) is 0. The molecule has 160 valence electrons. The van der Waals surface area contributed by atoms with Crippen LogP contribution in [0.1, 0.15) is 24.1 Å². The molecular weight excluding hydrogens is 390 g/mol. The van der Waals surface area contributed by atoms with Crippen molar-refractivity contribution < 1.29 is 9.53 Å². The minimum atomic E-state index is -0.630. The standard InChI is InChI=1S/C24H27N5O2/c1-28(2)22(30)24(21-10-3-4-12-25-21)11-6-15-29(18-24)17-19-8-5-9-20(16-19)31-23-26-13-7-14-27-23/h3-5,7-10,12-14,16H,6,11,15,17-18H2,1-2H3. The normalized spacial score (nSPS) is 19.0. The Morgan fingerprint density at radius 1 is 1.06 bits per heavy atom. The molecule has 1 aliphatic heterocycles. The van der Waals surface area contributed by atoms with Crippen LogP contribution < -0.4 is 4.74 Å². The van der Waals surface area contributed by atoms with Crippen LogP contribution in [0.4, 0.5) is 0 Å². The van der Waals surface area contributed by atoms with Gasteiger partial charge >= 0.3 is 6.01 Å². The lowest BCUT2D eigenvalue weighted by Crippen LogP contribution is -2.54. The maximum absolute atomic E-state index is 13.3. The SMILES string of the molecule is CN(C)C(=O)C1(c2ccccn2)CCCN(Cc2cccc(Oc3ncccn3)c2)C1. The minimum Gasteiger partial charge on any atom is -0.424 e. The Kier molecular flexibility index (Phi) is 6.23. The van der Waals surface area contributed by atoms with E-state index in [9.17, 15) is 4.79 Å². The van der Waals surface area contributed by atoms with Gasteiger partial charge in [0.2, 0.25) is 5.91 Å². The molecule has 1 saturated heterocycles. The number of nitrogens with zero attached hydrogens (tertiary/aromatic N) is 5. The number of amides is 1. The molecule has 0 bridgehead atoms. The number of carbonyl (C=O) groups is 1. The number of aromatic nitrogens is 3. The lowest BCUT2D eigenvalue weighted by molar-refractivity contribution is -0.137. The summed E-state index contributed by atoms with van der Waals surface area (Å²) in [6.07, 6.45) is 6.80. The van der Waals surface area contributed by atoms with Crippen LogP contribution in [-0.2, 0) is 16.8 Å². The van der Waals surface area contributed by atoms with E-state index in [0.29, 0.717) is 18.3 Å². The summed E-state index contributed by atoms with van der Waals surface area (Å²) in [4.78, 5) is 30.1. The third kappa shape index (κ3) is 4.72. The molecule has 2 aromatic heterocycles. The van der Waals surface area contributed by atoms with Crippen LogP contribution in [0.25, 0.3) is 0 Å². The number of likely N-dealkylation sites (N-methyl/N-ethyl adjacent to an activating group) is 1. The first-order chi connectivity index (χ1) is 15.1. The Hall–Kier alpha value is -3.32. The van der Waals surface area contributed by atoms with Gasteiger partial charge in [0, 0.05) is 45.8 Å². The molecule has 0 aliphatic carbocycles. The molecule has 1 amide bonds. The first kappa shape index (κ1) is 20.9. The van der Waals surface area contributed by atoms with E-state index >= 15 is 0 Å². The summed E-state index contributed by atoms with van der Waals surface area (Å²) < 4.78 is 5.78. The second-order valence-electron chi connectivity index (χ2n) is 8.09. The highest BCUT2D eigenvalue weighted by atomic mass is 16.5. The van der Waals surface area contributed by atoms with Crippen LogP contribution in [0.15, 0.2) is 67.1 Å². The van der Waals surface area contributed by atoms with E-state index in [4.69, 9.17) is 4.74 Å². The van der Waals surface area contributed by atoms with Gasteiger partial charge in [-0.15, -0.1) is 0 Å². The zero-order valence-electron chi connectivity index (χ0n) is 17.9. The van der Waals surface area contributed by atoms with Crippen LogP contribution >= 0.6 is 0 Å². The summed E-state index contributed by atoms with van der Waals surface area (Å²) in [6, 6.07) is 15.8. The number of ether oxygens (including phenoxy) is 1. The number of likely N-dealkylation sites (tertiary alicyclic amines) is 1. The van der Waals surface area contributed by atoms with Crippen LogP contribution in [-0.4, -0.2) is 57.8 Å². The van der Waals surface area contributed by atoms with Crippen molar-refractivity contribution in [2.45, 2.75) is 24.8 Å². The molecule has 7 nitrogen and oxygen atoms in total. The molecule has 7 heteroatoms. The summed E-state index contributed by atoms with van der Waals surface area (Å²) in [7, 11) is 3.64. The second-order valence-corrected chi connectivity index (χ2v) is 8.09. The third-order valence-corrected chi connectivity index (χ3v) is 5.60. The van der Waals surface area contributed by atoms with Gasteiger partial charge < -0.3 is 9.64 Å². The van der Waals surface area contributed by atoms with Crippen molar-refractivity contribution in [3.05, 3.63) is 78.4 Å². The van der Waals surface area contributed by atoms with Gasteiger partial charge in [0.15, 0.2) is 0 Å². The molecule has 1 aliphatic rings. The predicted molar refractivity (Wildman–Crippen MR) is 118 cm³/mol. The molecule has 31 heavy (non-hydrogen) atoms. The van der Waals surface area contributed by atoms with Gasteiger partial charge in [-0.3, -0.25) is 14.7 Å². The number of piperidine rings is 1.